The molecule has 3 N–H and O–H groups in total. The Hall–Kier alpha value is -1.14. The predicted molar refractivity (Wildman–Crippen MR) is 86.9 cm³/mol. The molecular weight excluding hydrogens is 294 g/mol. The van der Waals surface area contributed by atoms with Crippen LogP contribution >= 0.6 is 0 Å². The monoisotopic (exact) mass is 323 g/mol. The molecule has 2 aliphatic heterocycles. The van der Waals surface area contributed by atoms with Gasteiger partial charge in [-0.15, -0.1) is 0 Å². The number of fused-ring (bicyclic) bond motifs is 2. The fraction of sp³-hybridized carbons (Fsp3) is 0.882. The van der Waals surface area contributed by atoms with Crippen molar-refractivity contribution in [3.05, 3.63) is 0 Å². The van der Waals surface area contributed by atoms with Gasteiger partial charge in [0.15, 0.2) is 0 Å². The van der Waals surface area contributed by atoms with Gasteiger partial charge < -0.3 is 10.4 Å². The second-order valence-corrected chi connectivity index (χ2v) is 7.43. The van der Waals surface area contributed by atoms with Gasteiger partial charge in [-0.05, 0) is 45.4 Å². The number of nitrogens with zero attached hydrogens (tertiary/aromatic N) is 1. The Labute approximate surface area is 138 Å². The van der Waals surface area contributed by atoms with Crippen LogP contribution in [0.2, 0.25) is 0 Å². The first-order valence-corrected chi connectivity index (χ1v) is 9.11. The fourth-order valence-corrected chi connectivity index (χ4v) is 4.64. The number of amides is 3. The molecule has 6 heteroatoms. The lowest BCUT2D eigenvalue weighted by atomic mass is 9.96. The molecule has 1 aliphatic carbocycles. The van der Waals surface area contributed by atoms with Crippen LogP contribution in [-0.2, 0) is 4.79 Å². The van der Waals surface area contributed by atoms with Crippen LogP contribution in [0.4, 0.5) is 4.79 Å². The highest BCUT2D eigenvalue weighted by Crippen LogP contribution is 2.37. The third kappa shape index (κ3) is 3.86. The lowest BCUT2D eigenvalue weighted by Crippen LogP contribution is -2.56. The number of hydrogen-bond donors (Lipinski definition) is 3. The largest absolute Gasteiger partial charge is 0.393 e. The number of aliphatic hydroxyl groups is 1. The smallest absolute Gasteiger partial charge is 0.321 e. The summed E-state index contributed by atoms with van der Waals surface area (Å²) in [6, 6.07) is 0.0558. The maximum absolute atomic E-state index is 12.4. The third-order valence-corrected chi connectivity index (χ3v) is 5.77. The second kappa shape index (κ2) is 7.18. The van der Waals surface area contributed by atoms with E-state index in [1.54, 1.807) is 0 Å². The average Bonchev–Trinajstić information content (AvgIpc) is 2.79. The van der Waals surface area contributed by atoms with Crippen LogP contribution in [0.25, 0.3) is 0 Å². The first-order chi connectivity index (χ1) is 11.0. The molecule has 2 heterocycles. The standard InChI is InChI=1S/C17H29N3O3/c1-11(20-13-7-8-14(20)10-15(21)9-13)16(22)19-17(23)18-12-5-3-2-4-6-12/h11-15,21H,2-10H2,1H3,(H2,18,19,22,23)/t11-,13+,14+/m1/s1. The summed E-state index contributed by atoms with van der Waals surface area (Å²) in [4.78, 5) is 26.7. The molecule has 2 saturated heterocycles. The number of piperidine rings is 1. The molecule has 3 atom stereocenters. The predicted octanol–water partition coefficient (Wildman–Crippen LogP) is 1.52. The molecule has 0 aromatic carbocycles. The molecule has 2 bridgehead atoms. The molecule has 3 fully saturated rings. The van der Waals surface area contributed by atoms with E-state index in [-0.39, 0.29) is 42.2 Å². The summed E-state index contributed by atoms with van der Waals surface area (Å²) in [5.74, 6) is -0.230. The maximum Gasteiger partial charge on any atom is 0.321 e. The Morgan fingerprint density at radius 3 is 2.26 bits per heavy atom. The Morgan fingerprint density at radius 1 is 1.04 bits per heavy atom. The number of imide groups is 1. The maximum atomic E-state index is 12.4. The first kappa shape index (κ1) is 16.7. The van der Waals surface area contributed by atoms with Gasteiger partial charge in [-0.3, -0.25) is 15.0 Å². The average molecular weight is 323 g/mol. The van der Waals surface area contributed by atoms with E-state index in [0.29, 0.717) is 0 Å². The van der Waals surface area contributed by atoms with Crippen molar-refractivity contribution in [3.8, 4) is 0 Å². The summed E-state index contributed by atoms with van der Waals surface area (Å²) in [7, 11) is 0. The molecule has 6 nitrogen and oxygen atoms in total. The summed E-state index contributed by atoms with van der Waals surface area (Å²) >= 11 is 0. The first-order valence-electron chi connectivity index (χ1n) is 9.11. The number of hydrogen-bond acceptors (Lipinski definition) is 4. The molecule has 3 amide bonds. The summed E-state index contributed by atoms with van der Waals surface area (Å²) in [5, 5.41) is 15.3. The molecule has 3 rings (SSSR count). The van der Waals surface area contributed by atoms with Crippen molar-refractivity contribution in [1.82, 2.24) is 15.5 Å². The molecule has 3 aliphatic rings. The Kier molecular flexibility index (Phi) is 5.21. The van der Waals surface area contributed by atoms with Gasteiger partial charge in [0.05, 0.1) is 12.1 Å². The minimum atomic E-state index is -0.363. The SMILES string of the molecule is C[C@H](C(=O)NC(=O)NC1CCCCC1)N1[C@H]2CC[C@H]1CC(O)C2. The molecule has 0 aromatic rings. The van der Waals surface area contributed by atoms with Crippen molar-refractivity contribution >= 4 is 11.9 Å². The van der Waals surface area contributed by atoms with Crippen LogP contribution < -0.4 is 10.6 Å². The Bertz CT molecular complexity index is 436. The van der Waals surface area contributed by atoms with E-state index in [0.717, 1.165) is 51.4 Å². The molecule has 0 spiro atoms. The summed E-state index contributed by atoms with van der Waals surface area (Å²) in [6.45, 7) is 1.87. The van der Waals surface area contributed by atoms with E-state index in [2.05, 4.69) is 15.5 Å². The number of urea groups is 1. The van der Waals surface area contributed by atoms with Crippen LogP contribution in [-0.4, -0.2) is 52.2 Å². The van der Waals surface area contributed by atoms with Crippen molar-refractivity contribution < 1.29 is 14.7 Å². The molecule has 0 aromatic heterocycles. The van der Waals surface area contributed by atoms with Crippen LogP contribution in [0.1, 0.15) is 64.7 Å². The van der Waals surface area contributed by atoms with Crippen molar-refractivity contribution in [3.63, 3.8) is 0 Å². The van der Waals surface area contributed by atoms with E-state index in [1.807, 2.05) is 6.92 Å². The van der Waals surface area contributed by atoms with Crippen molar-refractivity contribution in [2.24, 2.45) is 0 Å². The summed E-state index contributed by atoms with van der Waals surface area (Å²) in [6.07, 6.45) is 8.85. The Morgan fingerprint density at radius 2 is 1.65 bits per heavy atom. The topological polar surface area (TPSA) is 81.7 Å². The zero-order chi connectivity index (χ0) is 16.4. The molecule has 23 heavy (non-hydrogen) atoms. The highest BCUT2D eigenvalue weighted by Gasteiger charge is 2.44. The minimum absolute atomic E-state index is 0.202. The van der Waals surface area contributed by atoms with E-state index in [4.69, 9.17) is 0 Å². The van der Waals surface area contributed by atoms with Crippen LogP contribution in [0, 0.1) is 0 Å². The van der Waals surface area contributed by atoms with Gasteiger partial charge in [-0.2, -0.15) is 0 Å². The normalized spacial score (nSPS) is 33.2. The van der Waals surface area contributed by atoms with Crippen LogP contribution in [0.5, 0.6) is 0 Å². The van der Waals surface area contributed by atoms with E-state index in [9.17, 15) is 14.7 Å². The number of aliphatic hydroxyl groups excluding tert-OH is 1. The van der Waals surface area contributed by atoms with Gasteiger partial charge in [0.2, 0.25) is 5.91 Å². The molecule has 1 saturated carbocycles. The highest BCUT2D eigenvalue weighted by atomic mass is 16.3. The lowest BCUT2D eigenvalue weighted by Gasteiger charge is -2.40. The van der Waals surface area contributed by atoms with Crippen molar-refractivity contribution in [2.45, 2.75) is 95.0 Å². The van der Waals surface area contributed by atoms with Crippen molar-refractivity contribution in [1.29, 1.82) is 0 Å². The van der Waals surface area contributed by atoms with E-state index in [1.165, 1.54) is 6.42 Å². The van der Waals surface area contributed by atoms with Gasteiger partial charge in [0, 0.05) is 18.1 Å². The molecule has 0 unspecified atom stereocenters. The lowest BCUT2D eigenvalue weighted by molar-refractivity contribution is -0.127. The van der Waals surface area contributed by atoms with Gasteiger partial charge in [-0.1, -0.05) is 19.3 Å². The van der Waals surface area contributed by atoms with Crippen molar-refractivity contribution in [2.75, 3.05) is 0 Å². The highest BCUT2D eigenvalue weighted by molar-refractivity contribution is 5.96. The third-order valence-electron chi connectivity index (χ3n) is 5.77. The zero-order valence-corrected chi connectivity index (χ0v) is 14.0. The number of nitrogens with one attached hydrogen (secondary N) is 2. The van der Waals surface area contributed by atoms with E-state index < -0.39 is 0 Å². The number of rotatable bonds is 3. The second-order valence-electron chi connectivity index (χ2n) is 7.43. The van der Waals surface area contributed by atoms with Crippen LogP contribution in [0.3, 0.4) is 0 Å². The summed E-state index contributed by atoms with van der Waals surface area (Å²) < 4.78 is 0. The molecular formula is C17H29N3O3. The molecule has 0 radical (unpaired) electrons. The summed E-state index contributed by atoms with van der Waals surface area (Å²) in [5.41, 5.74) is 0. The van der Waals surface area contributed by atoms with Gasteiger partial charge in [0.1, 0.15) is 0 Å². The van der Waals surface area contributed by atoms with Gasteiger partial charge >= 0.3 is 6.03 Å². The van der Waals surface area contributed by atoms with Gasteiger partial charge in [0.25, 0.3) is 0 Å². The minimum Gasteiger partial charge on any atom is -0.393 e. The Balaban J connectivity index is 1.50. The number of carbonyl (C=O) groups is 2. The quantitative estimate of drug-likeness (QED) is 0.735. The fourth-order valence-electron chi connectivity index (χ4n) is 4.64. The van der Waals surface area contributed by atoms with E-state index >= 15 is 0 Å². The van der Waals surface area contributed by atoms with Crippen LogP contribution in [0.15, 0.2) is 0 Å². The van der Waals surface area contributed by atoms with Gasteiger partial charge in [-0.25, -0.2) is 4.79 Å². The number of carbonyl (C=O) groups excluding carboxylic acids is 2. The molecule has 130 valence electrons. The zero-order valence-electron chi connectivity index (χ0n) is 14.0.